The van der Waals surface area contributed by atoms with Gasteiger partial charge in [-0.2, -0.15) is 0 Å². The third-order valence-corrected chi connectivity index (χ3v) is 4.05. The van der Waals surface area contributed by atoms with Crippen molar-refractivity contribution in [3.05, 3.63) is 0 Å². The number of hydrogen-bond acceptors (Lipinski definition) is 2. The number of rotatable bonds is 6. The zero-order chi connectivity index (χ0) is 12.7. The molecule has 0 atom stereocenters. The summed E-state index contributed by atoms with van der Waals surface area (Å²) >= 11 is 0. The Bertz CT molecular complexity index is 232. The highest BCUT2D eigenvalue weighted by Gasteiger charge is 2.30. The Kier molecular flexibility index (Phi) is 5.96. The van der Waals surface area contributed by atoms with Gasteiger partial charge in [0.2, 0.25) is 5.91 Å². The van der Waals surface area contributed by atoms with E-state index in [2.05, 4.69) is 24.5 Å². The summed E-state index contributed by atoms with van der Waals surface area (Å²) in [4.78, 5) is 11.6. The molecule has 0 spiro atoms. The average Bonchev–Trinajstić information content (AvgIpc) is 2.35. The van der Waals surface area contributed by atoms with E-state index in [9.17, 15) is 4.79 Å². The first-order chi connectivity index (χ1) is 8.06. The molecule has 0 aromatic carbocycles. The first-order valence-electron chi connectivity index (χ1n) is 6.97. The van der Waals surface area contributed by atoms with Gasteiger partial charge in [0.1, 0.15) is 0 Å². The van der Waals surface area contributed by atoms with Crippen LogP contribution >= 0.6 is 0 Å². The molecule has 100 valence electrons. The summed E-state index contributed by atoms with van der Waals surface area (Å²) in [6.07, 6.45) is 7.36. The average molecular weight is 240 g/mol. The Morgan fingerprint density at radius 2 is 1.88 bits per heavy atom. The highest BCUT2D eigenvalue weighted by molar-refractivity contribution is 5.76. The molecular weight excluding hydrogens is 212 g/mol. The Morgan fingerprint density at radius 3 is 2.47 bits per heavy atom. The normalized spacial score (nSPS) is 18.1. The lowest BCUT2D eigenvalue weighted by Crippen LogP contribution is -2.39. The summed E-state index contributed by atoms with van der Waals surface area (Å²) in [5.41, 5.74) is 0.246. The van der Waals surface area contributed by atoms with Gasteiger partial charge in [-0.3, -0.25) is 4.79 Å². The van der Waals surface area contributed by atoms with E-state index in [-0.39, 0.29) is 11.3 Å². The summed E-state index contributed by atoms with van der Waals surface area (Å²) < 4.78 is 0. The van der Waals surface area contributed by atoms with E-state index in [1.165, 1.54) is 32.1 Å². The lowest BCUT2D eigenvalue weighted by Gasteiger charge is -2.37. The molecule has 1 amide bonds. The molecular formula is C14H28N2O. The Morgan fingerprint density at radius 1 is 1.24 bits per heavy atom. The van der Waals surface area contributed by atoms with Gasteiger partial charge in [-0.05, 0) is 31.2 Å². The fourth-order valence-corrected chi connectivity index (χ4v) is 2.68. The minimum atomic E-state index is 0.170. The molecule has 1 rings (SSSR count). The van der Waals surface area contributed by atoms with Crippen molar-refractivity contribution in [1.82, 2.24) is 10.6 Å². The van der Waals surface area contributed by atoms with Crippen LogP contribution in [0.3, 0.4) is 0 Å². The third-order valence-electron chi connectivity index (χ3n) is 4.05. The van der Waals surface area contributed by atoms with E-state index in [1.807, 2.05) is 7.05 Å². The summed E-state index contributed by atoms with van der Waals surface area (Å²) in [6.45, 7) is 6.17. The Labute approximate surface area is 106 Å². The molecule has 0 aromatic rings. The van der Waals surface area contributed by atoms with Gasteiger partial charge < -0.3 is 10.6 Å². The first kappa shape index (κ1) is 14.5. The monoisotopic (exact) mass is 240 g/mol. The number of amides is 1. The minimum Gasteiger partial charge on any atom is -0.356 e. The van der Waals surface area contributed by atoms with Crippen LogP contribution in [0.25, 0.3) is 0 Å². The molecule has 1 saturated carbocycles. The van der Waals surface area contributed by atoms with Crippen LogP contribution in [0.2, 0.25) is 0 Å². The predicted octanol–water partition coefficient (Wildman–Crippen LogP) is 2.32. The van der Waals surface area contributed by atoms with E-state index >= 15 is 0 Å². The van der Waals surface area contributed by atoms with Crippen molar-refractivity contribution in [2.75, 3.05) is 20.1 Å². The van der Waals surface area contributed by atoms with Crippen LogP contribution in [0.15, 0.2) is 0 Å². The van der Waals surface area contributed by atoms with Gasteiger partial charge in [-0.1, -0.05) is 33.1 Å². The summed E-state index contributed by atoms with van der Waals surface area (Å²) in [7, 11) is 1.87. The van der Waals surface area contributed by atoms with E-state index in [4.69, 9.17) is 0 Å². The zero-order valence-corrected chi connectivity index (χ0v) is 11.6. The highest BCUT2D eigenvalue weighted by atomic mass is 16.1. The standard InChI is InChI=1S/C14H28N2O/c1-14(2,12-7-5-4-6-8-12)11-16-13(17)9-10-15-3/h12,15H,4-11H2,1-3H3,(H,16,17). The topological polar surface area (TPSA) is 41.1 Å². The largest absolute Gasteiger partial charge is 0.356 e. The van der Waals surface area contributed by atoms with Gasteiger partial charge in [-0.15, -0.1) is 0 Å². The van der Waals surface area contributed by atoms with Crippen molar-refractivity contribution < 1.29 is 4.79 Å². The molecule has 0 aromatic heterocycles. The molecule has 0 bridgehead atoms. The summed E-state index contributed by atoms with van der Waals surface area (Å²) in [5, 5.41) is 6.07. The second-order valence-electron chi connectivity index (χ2n) is 5.95. The fraction of sp³-hybridized carbons (Fsp3) is 0.929. The van der Waals surface area contributed by atoms with Gasteiger partial charge in [0.15, 0.2) is 0 Å². The highest BCUT2D eigenvalue weighted by Crippen LogP contribution is 2.37. The van der Waals surface area contributed by atoms with Gasteiger partial charge in [0, 0.05) is 19.5 Å². The SMILES string of the molecule is CNCCC(=O)NCC(C)(C)C1CCCCC1. The first-order valence-corrected chi connectivity index (χ1v) is 6.97. The fourth-order valence-electron chi connectivity index (χ4n) is 2.68. The van der Waals surface area contributed by atoms with Gasteiger partial charge in [-0.25, -0.2) is 0 Å². The molecule has 1 fully saturated rings. The zero-order valence-electron chi connectivity index (χ0n) is 11.6. The number of nitrogens with one attached hydrogen (secondary N) is 2. The summed E-state index contributed by atoms with van der Waals surface area (Å²) in [6, 6.07) is 0. The molecule has 0 unspecified atom stereocenters. The summed E-state index contributed by atoms with van der Waals surface area (Å²) in [5.74, 6) is 0.948. The smallest absolute Gasteiger partial charge is 0.221 e. The van der Waals surface area contributed by atoms with Crippen molar-refractivity contribution in [2.45, 2.75) is 52.4 Å². The minimum absolute atomic E-state index is 0.170. The van der Waals surface area contributed by atoms with Crippen molar-refractivity contribution >= 4 is 5.91 Å². The van der Waals surface area contributed by atoms with Crippen LogP contribution in [0.1, 0.15) is 52.4 Å². The van der Waals surface area contributed by atoms with Crippen molar-refractivity contribution in [3.63, 3.8) is 0 Å². The van der Waals surface area contributed by atoms with E-state index in [1.54, 1.807) is 0 Å². The van der Waals surface area contributed by atoms with Crippen LogP contribution in [0.4, 0.5) is 0 Å². The molecule has 17 heavy (non-hydrogen) atoms. The van der Waals surface area contributed by atoms with Crippen LogP contribution in [0.5, 0.6) is 0 Å². The van der Waals surface area contributed by atoms with Gasteiger partial charge in [0.05, 0.1) is 0 Å². The molecule has 1 aliphatic rings. The molecule has 3 nitrogen and oxygen atoms in total. The quantitative estimate of drug-likeness (QED) is 0.748. The molecule has 2 N–H and O–H groups in total. The van der Waals surface area contributed by atoms with Gasteiger partial charge >= 0.3 is 0 Å². The predicted molar refractivity (Wildman–Crippen MR) is 71.9 cm³/mol. The third kappa shape index (κ3) is 5.07. The number of carbonyl (C=O) groups excluding carboxylic acids is 1. The van der Waals surface area contributed by atoms with E-state index < -0.39 is 0 Å². The number of carbonyl (C=O) groups is 1. The maximum atomic E-state index is 11.6. The van der Waals surface area contributed by atoms with Crippen molar-refractivity contribution in [2.24, 2.45) is 11.3 Å². The lowest BCUT2D eigenvalue weighted by molar-refractivity contribution is -0.121. The van der Waals surface area contributed by atoms with Crippen molar-refractivity contribution in [3.8, 4) is 0 Å². The lowest BCUT2D eigenvalue weighted by atomic mass is 9.71. The maximum absolute atomic E-state index is 11.6. The van der Waals surface area contributed by atoms with Crippen LogP contribution in [-0.4, -0.2) is 26.0 Å². The molecule has 0 heterocycles. The maximum Gasteiger partial charge on any atom is 0.221 e. The molecule has 0 saturated heterocycles. The second kappa shape index (κ2) is 7.00. The van der Waals surface area contributed by atoms with Crippen LogP contribution in [-0.2, 0) is 4.79 Å². The molecule has 0 radical (unpaired) electrons. The Balaban J connectivity index is 2.29. The molecule has 0 aliphatic heterocycles. The number of hydrogen-bond donors (Lipinski definition) is 2. The van der Waals surface area contributed by atoms with E-state index in [0.717, 1.165) is 19.0 Å². The Hall–Kier alpha value is -0.570. The van der Waals surface area contributed by atoms with Crippen LogP contribution < -0.4 is 10.6 Å². The second-order valence-corrected chi connectivity index (χ2v) is 5.95. The van der Waals surface area contributed by atoms with Crippen molar-refractivity contribution in [1.29, 1.82) is 0 Å². The molecule has 3 heteroatoms. The van der Waals surface area contributed by atoms with E-state index in [0.29, 0.717) is 6.42 Å². The van der Waals surface area contributed by atoms with Gasteiger partial charge in [0.25, 0.3) is 0 Å². The molecule has 1 aliphatic carbocycles. The van der Waals surface area contributed by atoms with Crippen LogP contribution in [0, 0.1) is 11.3 Å².